The molecule has 0 aliphatic heterocycles. The van der Waals surface area contributed by atoms with Gasteiger partial charge in [-0.1, -0.05) is 36.4 Å². The molecule has 4 rings (SSSR count). The number of benzene rings is 4. The van der Waals surface area contributed by atoms with Crippen molar-refractivity contribution in [3.05, 3.63) is 119 Å². The van der Waals surface area contributed by atoms with E-state index in [1.54, 1.807) is 60.7 Å². The van der Waals surface area contributed by atoms with Gasteiger partial charge in [0.15, 0.2) is 0 Å². The van der Waals surface area contributed by atoms with Crippen LogP contribution in [0.25, 0.3) is 0 Å². The maximum atomic E-state index is 12.1. The van der Waals surface area contributed by atoms with E-state index in [-0.39, 0.29) is 20.4 Å². The van der Waals surface area contributed by atoms with Gasteiger partial charge in [0.05, 0.1) is 24.5 Å². The molecule has 0 aromatic heterocycles. The molecule has 2 N–H and O–H groups in total. The Morgan fingerprint density at radius 2 is 0.853 bits per heavy atom. The van der Waals surface area contributed by atoms with Crippen molar-refractivity contribution < 1.29 is 21.8 Å². The Morgan fingerprint density at radius 3 is 1.21 bits per heavy atom. The first-order chi connectivity index (χ1) is 16.1. The number of nitro benzene ring substituents is 1. The Bertz CT molecular complexity index is 1470. The van der Waals surface area contributed by atoms with E-state index in [0.717, 1.165) is 0 Å². The van der Waals surface area contributed by atoms with Crippen LogP contribution in [0, 0.1) is 10.1 Å². The summed E-state index contributed by atoms with van der Waals surface area (Å²) in [6, 6.07) is 27.3. The van der Waals surface area contributed by atoms with Gasteiger partial charge in [-0.3, -0.25) is 10.1 Å². The van der Waals surface area contributed by atoms with Crippen LogP contribution in [0.1, 0.15) is 0 Å². The quantitative estimate of drug-likeness (QED) is 0.243. The average Bonchev–Trinajstić information content (AvgIpc) is 2.86. The summed E-state index contributed by atoms with van der Waals surface area (Å²) in [6.07, 6.45) is 0. The first-order valence-corrected chi connectivity index (χ1v) is 12.8. The number of anilines is 1. The molecule has 0 radical (unpaired) electrons. The highest BCUT2D eigenvalue weighted by Crippen LogP contribution is 2.23. The molecule has 10 heteroatoms. The molecule has 0 fully saturated rings. The minimum absolute atomic E-state index is 0.0410. The van der Waals surface area contributed by atoms with E-state index in [1.807, 2.05) is 0 Å². The number of rotatable bonds is 5. The zero-order valence-electron chi connectivity index (χ0n) is 17.7. The summed E-state index contributed by atoms with van der Waals surface area (Å²) in [4.78, 5) is 10.7. The number of nitrogens with zero attached hydrogens (tertiary/aromatic N) is 1. The van der Waals surface area contributed by atoms with Crippen molar-refractivity contribution in [3.63, 3.8) is 0 Å². The second-order valence-electron chi connectivity index (χ2n) is 6.95. The highest BCUT2D eigenvalue weighted by molar-refractivity contribution is 7.91. The van der Waals surface area contributed by atoms with Gasteiger partial charge in [0.1, 0.15) is 0 Å². The van der Waals surface area contributed by atoms with Crippen molar-refractivity contribution in [1.82, 2.24) is 0 Å². The van der Waals surface area contributed by atoms with Crippen molar-refractivity contribution >= 4 is 31.0 Å². The molecule has 0 heterocycles. The van der Waals surface area contributed by atoms with Gasteiger partial charge >= 0.3 is 0 Å². The smallest absolute Gasteiger partial charge is 0.269 e. The highest BCUT2D eigenvalue weighted by atomic mass is 32.2. The first-order valence-electron chi connectivity index (χ1n) is 9.82. The van der Waals surface area contributed by atoms with E-state index in [9.17, 15) is 26.9 Å². The number of nitrogens with two attached hydrogens (primary N) is 1. The summed E-state index contributed by atoms with van der Waals surface area (Å²) in [7, 11) is -7.02. The summed E-state index contributed by atoms with van der Waals surface area (Å²) in [5, 5.41) is 10.5. The highest BCUT2D eigenvalue weighted by Gasteiger charge is 2.18. The van der Waals surface area contributed by atoms with Crippen LogP contribution in [0.15, 0.2) is 129 Å². The van der Waals surface area contributed by atoms with E-state index in [0.29, 0.717) is 10.6 Å². The Kier molecular flexibility index (Phi) is 7.44. The molecular weight excluding hydrogens is 476 g/mol. The zero-order valence-corrected chi connectivity index (χ0v) is 19.3. The van der Waals surface area contributed by atoms with Gasteiger partial charge in [-0.05, 0) is 60.7 Å². The predicted molar refractivity (Wildman–Crippen MR) is 128 cm³/mol. The summed E-state index contributed by atoms with van der Waals surface area (Å²) < 4.78 is 48.5. The van der Waals surface area contributed by atoms with E-state index in [1.165, 1.54) is 48.5 Å². The van der Waals surface area contributed by atoms with Gasteiger partial charge in [-0.15, -0.1) is 0 Å². The molecule has 0 atom stereocenters. The van der Waals surface area contributed by atoms with Crippen molar-refractivity contribution in [1.29, 1.82) is 0 Å². The minimum atomic E-state index is -3.60. The van der Waals surface area contributed by atoms with Gasteiger partial charge in [0, 0.05) is 17.8 Å². The Balaban J connectivity index is 0.000000192. The third kappa shape index (κ3) is 5.66. The lowest BCUT2D eigenvalue weighted by molar-refractivity contribution is -0.384. The molecule has 0 saturated carbocycles. The largest absolute Gasteiger partial charge is 0.399 e. The molecule has 0 amide bonds. The SMILES string of the molecule is Nc1ccc(S(=O)(=O)c2ccccc2)cc1.O=[N+]([O-])c1ccc(S(=O)(=O)c2ccccc2)cc1. The minimum Gasteiger partial charge on any atom is -0.399 e. The number of nitrogen functional groups attached to an aromatic ring is 1. The second-order valence-corrected chi connectivity index (χ2v) is 10.9. The fourth-order valence-electron chi connectivity index (χ4n) is 2.87. The van der Waals surface area contributed by atoms with Crippen molar-refractivity contribution in [2.75, 3.05) is 5.73 Å². The van der Waals surface area contributed by atoms with Crippen LogP contribution in [-0.2, 0) is 19.7 Å². The van der Waals surface area contributed by atoms with Crippen LogP contribution in [0.2, 0.25) is 0 Å². The van der Waals surface area contributed by atoms with Crippen LogP contribution in [0.3, 0.4) is 0 Å². The Hall–Kier alpha value is -4.02. The standard InChI is InChI=1S/C12H9NO4S.C12H11NO2S/c14-13(15)10-6-8-12(9-7-10)18(16,17)11-4-2-1-3-5-11;13-10-6-8-12(9-7-10)16(14,15)11-4-2-1-3-5-11/h1-9H;1-9H,13H2. The molecule has 0 bridgehead atoms. The summed E-state index contributed by atoms with van der Waals surface area (Å²) >= 11 is 0. The molecule has 34 heavy (non-hydrogen) atoms. The molecule has 4 aromatic rings. The topological polar surface area (TPSA) is 137 Å². The molecule has 8 nitrogen and oxygen atoms in total. The van der Waals surface area contributed by atoms with Crippen LogP contribution in [-0.4, -0.2) is 21.8 Å². The number of nitro groups is 1. The van der Waals surface area contributed by atoms with Crippen molar-refractivity contribution in [2.24, 2.45) is 0 Å². The van der Waals surface area contributed by atoms with Gasteiger partial charge in [-0.2, -0.15) is 0 Å². The Labute approximate surface area is 197 Å². The maximum absolute atomic E-state index is 12.1. The van der Waals surface area contributed by atoms with Gasteiger partial charge in [-0.25, -0.2) is 16.8 Å². The maximum Gasteiger partial charge on any atom is 0.269 e. The lowest BCUT2D eigenvalue weighted by atomic mass is 10.3. The monoisotopic (exact) mass is 496 g/mol. The summed E-state index contributed by atoms with van der Waals surface area (Å²) in [6.45, 7) is 0. The van der Waals surface area contributed by atoms with Gasteiger partial charge in [0.2, 0.25) is 19.7 Å². The second kappa shape index (κ2) is 10.3. The van der Waals surface area contributed by atoms with Crippen LogP contribution in [0.4, 0.5) is 11.4 Å². The number of hydrogen-bond donors (Lipinski definition) is 1. The van der Waals surface area contributed by atoms with E-state index in [4.69, 9.17) is 5.73 Å². The lowest BCUT2D eigenvalue weighted by Crippen LogP contribution is -2.01. The third-order valence-corrected chi connectivity index (χ3v) is 8.23. The summed E-state index contributed by atoms with van der Waals surface area (Å²) in [5.41, 5.74) is 5.92. The molecule has 174 valence electrons. The Morgan fingerprint density at radius 1 is 0.529 bits per heavy atom. The molecule has 0 aliphatic rings. The zero-order chi connectivity index (χ0) is 24.8. The fraction of sp³-hybridized carbons (Fsp3) is 0. The van der Waals surface area contributed by atoms with Crippen LogP contribution in [0.5, 0.6) is 0 Å². The molecule has 0 unspecified atom stereocenters. The van der Waals surface area contributed by atoms with Gasteiger partial charge in [0.25, 0.3) is 5.69 Å². The lowest BCUT2D eigenvalue weighted by Gasteiger charge is -2.04. The van der Waals surface area contributed by atoms with Gasteiger partial charge < -0.3 is 5.73 Å². The average molecular weight is 497 g/mol. The number of hydrogen-bond acceptors (Lipinski definition) is 7. The number of non-ortho nitro benzene ring substituents is 1. The van der Waals surface area contributed by atoms with Crippen LogP contribution >= 0.6 is 0 Å². The molecular formula is C24H20N2O6S2. The van der Waals surface area contributed by atoms with Crippen molar-refractivity contribution in [3.8, 4) is 0 Å². The first kappa shape index (κ1) is 24.6. The third-order valence-electron chi connectivity index (χ3n) is 4.66. The van der Waals surface area contributed by atoms with Crippen LogP contribution < -0.4 is 5.73 Å². The number of sulfone groups is 2. The van der Waals surface area contributed by atoms with E-state index in [2.05, 4.69) is 0 Å². The normalized spacial score (nSPS) is 11.2. The molecule has 0 saturated heterocycles. The molecule has 0 aliphatic carbocycles. The van der Waals surface area contributed by atoms with E-state index < -0.39 is 24.6 Å². The van der Waals surface area contributed by atoms with Crippen molar-refractivity contribution in [2.45, 2.75) is 19.6 Å². The molecule has 0 spiro atoms. The fourth-order valence-corrected chi connectivity index (χ4v) is 5.43. The van der Waals surface area contributed by atoms with E-state index >= 15 is 0 Å². The predicted octanol–water partition coefficient (Wildman–Crippen LogP) is 4.53. The summed E-state index contributed by atoms with van der Waals surface area (Å²) in [5.74, 6) is 0. The molecule has 4 aromatic carbocycles.